The average Bonchev–Trinajstić information content (AvgIpc) is 2.13. The van der Waals surface area contributed by atoms with E-state index in [2.05, 4.69) is 51.6 Å². The maximum absolute atomic E-state index is 2.40. The van der Waals surface area contributed by atoms with Crippen molar-refractivity contribution in [2.24, 2.45) is 5.41 Å². The van der Waals surface area contributed by atoms with Gasteiger partial charge in [-0.15, -0.1) is 0 Å². The van der Waals surface area contributed by atoms with Gasteiger partial charge in [-0.25, -0.2) is 0 Å². The van der Waals surface area contributed by atoms with Crippen LogP contribution in [-0.4, -0.2) is 50.1 Å². The average molecular weight is 214 g/mol. The van der Waals surface area contributed by atoms with Crippen molar-refractivity contribution in [1.29, 1.82) is 0 Å². The fourth-order valence-electron chi connectivity index (χ4n) is 2.03. The Balaban J connectivity index is 0.000000583. The largest absolute Gasteiger partial charge is 0.307 e. The zero-order valence-electron chi connectivity index (χ0n) is 11.6. The third-order valence-corrected chi connectivity index (χ3v) is 2.94. The molecule has 0 spiro atoms. The summed E-state index contributed by atoms with van der Waals surface area (Å²) in [6, 6.07) is 0. The van der Waals surface area contributed by atoms with Crippen LogP contribution >= 0.6 is 0 Å². The minimum absolute atomic E-state index is 0.609. The van der Waals surface area contributed by atoms with Gasteiger partial charge in [0.15, 0.2) is 0 Å². The molecule has 1 aliphatic heterocycles. The van der Waals surface area contributed by atoms with Crippen LogP contribution in [0, 0.1) is 5.41 Å². The lowest BCUT2D eigenvalue weighted by molar-refractivity contribution is 0.0249. The van der Waals surface area contributed by atoms with Crippen LogP contribution in [-0.2, 0) is 0 Å². The summed E-state index contributed by atoms with van der Waals surface area (Å²) in [5.74, 6) is 0. The van der Waals surface area contributed by atoms with Crippen molar-refractivity contribution >= 4 is 0 Å². The van der Waals surface area contributed by atoms with E-state index in [0.29, 0.717) is 5.41 Å². The maximum atomic E-state index is 2.40. The van der Waals surface area contributed by atoms with Gasteiger partial charge in [0.25, 0.3) is 0 Å². The lowest BCUT2D eigenvalue weighted by Crippen LogP contribution is -2.53. The van der Waals surface area contributed by atoms with E-state index in [4.69, 9.17) is 0 Å². The van der Waals surface area contributed by atoms with Gasteiger partial charge < -0.3 is 9.80 Å². The molecule has 15 heavy (non-hydrogen) atoms. The lowest BCUT2D eigenvalue weighted by Gasteiger charge is -2.47. The third-order valence-electron chi connectivity index (χ3n) is 2.94. The highest BCUT2D eigenvalue weighted by molar-refractivity contribution is 4.89. The molecule has 92 valence electrons. The standard InChI is InChI=1S/C10H22N2.C3H8/c1-5-11(3)7-6-10(2)8-12(4)9-10;1-3-2/h5-9H2,1-4H3;3H2,1-2H3. The Labute approximate surface area is 96.6 Å². The van der Waals surface area contributed by atoms with Gasteiger partial charge in [-0.1, -0.05) is 34.1 Å². The van der Waals surface area contributed by atoms with Crippen molar-refractivity contribution in [2.45, 2.75) is 40.5 Å². The van der Waals surface area contributed by atoms with Gasteiger partial charge in [0.1, 0.15) is 0 Å². The molecule has 1 heterocycles. The van der Waals surface area contributed by atoms with Crippen molar-refractivity contribution in [1.82, 2.24) is 9.80 Å². The number of rotatable bonds is 4. The van der Waals surface area contributed by atoms with Crippen LogP contribution in [0.4, 0.5) is 0 Å². The van der Waals surface area contributed by atoms with Gasteiger partial charge in [-0.3, -0.25) is 0 Å². The number of hydrogen-bond acceptors (Lipinski definition) is 2. The summed E-state index contributed by atoms with van der Waals surface area (Å²) >= 11 is 0. The van der Waals surface area contributed by atoms with E-state index in [1.54, 1.807) is 0 Å². The van der Waals surface area contributed by atoms with Crippen LogP contribution in [0.3, 0.4) is 0 Å². The second-order valence-corrected chi connectivity index (χ2v) is 5.34. The predicted molar refractivity (Wildman–Crippen MR) is 69.4 cm³/mol. The molecule has 0 unspecified atom stereocenters. The van der Waals surface area contributed by atoms with Crippen LogP contribution in [0.25, 0.3) is 0 Å². The van der Waals surface area contributed by atoms with Gasteiger partial charge in [-0.05, 0) is 39.0 Å². The molecule has 0 aromatic heterocycles. The predicted octanol–water partition coefficient (Wildman–Crippen LogP) is 2.70. The van der Waals surface area contributed by atoms with Crippen molar-refractivity contribution < 1.29 is 0 Å². The minimum Gasteiger partial charge on any atom is -0.307 e. The summed E-state index contributed by atoms with van der Waals surface area (Å²) in [7, 11) is 4.40. The van der Waals surface area contributed by atoms with Crippen molar-refractivity contribution in [3.63, 3.8) is 0 Å². The molecular weight excluding hydrogens is 184 g/mol. The van der Waals surface area contributed by atoms with E-state index in [1.165, 1.54) is 39.0 Å². The van der Waals surface area contributed by atoms with Crippen molar-refractivity contribution in [3.8, 4) is 0 Å². The molecule has 0 saturated carbocycles. The fraction of sp³-hybridized carbons (Fsp3) is 1.00. The molecule has 1 saturated heterocycles. The van der Waals surface area contributed by atoms with Crippen molar-refractivity contribution in [3.05, 3.63) is 0 Å². The van der Waals surface area contributed by atoms with E-state index in [0.717, 1.165) is 0 Å². The molecule has 2 heteroatoms. The summed E-state index contributed by atoms with van der Waals surface area (Å²) in [5.41, 5.74) is 0.609. The van der Waals surface area contributed by atoms with E-state index < -0.39 is 0 Å². The molecule has 2 nitrogen and oxygen atoms in total. The normalized spacial score (nSPS) is 19.4. The first-order valence-corrected chi connectivity index (χ1v) is 6.34. The summed E-state index contributed by atoms with van der Waals surface area (Å²) in [6.45, 7) is 13.9. The van der Waals surface area contributed by atoms with Gasteiger partial charge in [0, 0.05) is 13.1 Å². The highest BCUT2D eigenvalue weighted by Crippen LogP contribution is 2.31. The molecule has 0 bridgehead atoms. The quantitative estimate of drug-likeness (QED) is 0.710. The fourth-order valence-corrected chi connectivity index (χ4v) is 2.03. The maximum Gasteiger partial charge on any atom is 0.00452 e. The number of likely N-dealkylation sites (tertiary alicyclic amines) is 1. The van der Waals surface area contributed by atoms with Gasteiger partial charge in [0.2, 0.25) is 0 Å². The number of hydrogen-bond donors (Lipinski definition) is 0. The molecule has 0 N–H and O–H groups in total. The van der Waals surface area contributed by atoms with Gasteiger partial charge in [-0.2, -0.15) is 0 Å². The molecule has 1 rings (SSSR count). The smallest absolute Gasteiger partial charge is 0.00452 e. The third kappa shape index (κ3) is 6.16. The summed E-state index contributed by atoms with van der Waals surface area (Å²) in [4.78, 5) is 4.79. The molecule has 0 radical (unpaired) electrons. The molecule has 0 atom stereocenters. The molecule has 1 fully saturated rings. The molecule has 0 aromatic carbocycles. The Hall–Kier alpha value is -0.0800. The molecular formula is C13H30N2. The second kappa shape index (κ2) is 7.24. The number of nitrogens with zero attached hydrogens (tertiary/aromatic N) is 2. The highest BCUT2D eigenvalue weighted by atomic mass is 15.2. The zero-order valence-corrected chi connectivity index (χ0v) is 11.6. The van der Waals surface area contributed by atoms with E-state index in [9.17, 15) is 0 Å². The van der Waals surface area contributed by atoms with Crippen LogP contribution in [0.5, 0.6) is 0 Å². The first kappa shape index (κ1) is 14.9. The van der Waals surface area contributed by atoms with Crippen molar-refractivity contribution in [2.75, 3.05) is 40.3 Å². The van der Waals surface area contributed by atoms with Crippen LogP contribution < -0.4 is 0 Å². The van der Waals surface area contributed by atoms with Gasteiger partial charge in [0.05, 0.1) is 0 Å². The molecule has 0 aromatic rings. The van der Waals surface area contributed by atoms with E-state index in [1.807, 2.05) is 0 Å². The summed E-state index contributed by atoms with van der Waals surface area (Å²) in [6.07, 6.45) is 2.60. The van der Waals surface area contributed by atoms with E-state index in [-0.39, 0.29) is 0 Å². The Bertz CT molecular complexity index is 151. The Morgan fingerprint density at radius 3 is 2.00 bits per heavy atom. The zero-order chi connectivity index (χ0) is 11.9. The van der Waals surface area contributed by atoms with E-state index >= 15 is 0 Å². The minimum atomic E-state index is 0.609. The lowest BCUT2D eigenvalue weighted by atomic mass is 9.79. The molecule has 0 amide bonds. The summed E-state index contributed by atoms with van der Waals surface area (Å²) in [5, 5.41) is 0. The Kier molecular flexibility index (Phi) is 7.20. The Morgan fingerprint density at radius 2 is 1.67 bits per heavy atom. The first-order valence-electron chi connectivity index (χ1n) is 6.34. The van der Waals surface area contributed by atoms with Crippen LogP contribution in [0.15, 0.2) is 0 Å². The molecule has 1 aliphatic rings. The second-order valence-electron chi connectivity index (χ2n) is 5.34. The molecule has 0 aliphatic carbocycles. The SMILES string of the molecule is CCC.CCN(C)CCC1(C)CN(C)C1. The first-order chi connectivity index (χ1) is 6.97. The summed E-state index contributed by atoms with van der Waals surface area (Å²) < 4.78 is 0. The topological polar surface area (TPSA) is 6.48 Å². The van der Waals surface area contributed by atoms with Crippen LogP contribution in [0.2, 0.25) is 0 Å². The van der Waals surface area contributed by atoms with Crippen LogP contribution in [0.1, 0.15) is 40.5 Å². The Morgan fingerprint density at radius 1 is 1.20 bits per heavy atom. The highest BCUT2D eigenvalue weighted by Gasteiger charge is 2.35. The van der Waals surface area contributed by atoms with Gasteiger partial charge >= 0.3 is 0 Å². The monoisotopic (exact) mass is 214 g/mol.